The Hall–Kier alpha value is -1.82. The zero-order valence-electron chi connectivity index (χ0n) is 15.6. The van der Waals surface area contributed by atoms with Gasteiger partial charge in [-0.05, 0) is 56.3 Å². The van der Waals surface area contributed by atoms with Crippen molar-refractivity contribution in [3.63, 3.8) is 0 Å². The Bertz CT molecular complexity index is 684. The van der Waals surface area contributed by atoms with Gasteiger partial charge in [0.1, 0.15) is 17.3 Å². The average molecular weight is 355 g/mol. The Morgan fingerprint density at radius 1 is 1.08 bits per heavy atom. The summed E-state index contributed by atoms with van der Waals surface area (Å²) in [5.74, 6) is 2.88. The number of nitrogens with one attached hydrogen (secondary N) is 1. The molecule has 1 aromatic heterocycles. The highest BCUT2D eigenvalue weighted by Crippen LogP contribution is 2.25. The van der Waals surface area contributed by atoms with Crippen LogP contribution >= 0.6 is 0 Å². The molecule has 1 unspecified atom stereocenters. The van der Waals surface area contributed by atoms with E-state index in [1.807, 2.05) is 19.1 Å². The molecule has 2 aliphatic heterocycles. The van der Waals surface area contributed by atoms with Crippen molar-refractivity contribution in [2.24, 2.45) is 0 Å². The Labute approximate surface area is 155 Å². The quantitative estimate of drug-likeness (QED) is 0.863. The van der Waals surface area contributed by atoms with E-state index in [2.05, 4.69) is 39.4 Å². The first-order valence-corrected chi connectivity index (χ1v) is 9.81. The van der Waals surface area contributed by atoms with Gasteiger partial charge in [0.05, 0.1) is 13.2 Å². The molecule has 0 spiro atoms. The SMILES string of the molecule is CCOc1ccc(-c2ccc(CN3CCN(C4CCNC4)CC3)o2)cc1. The average Bonchev–Trinajstić information content (AvgIpc) is 3.36. The van der Waals surface area contributed by atoms with Crippen LogP contribution < -0.4 is 10.1 Å². The summed E-state index contributed by atoms with van der Waals surface area (Å²) in [6, 6.07) is 13.0. The van der Waals surface area contributed by atoms with Crippen LogP contribution in [0.25, 0.3) is 11.3 Å². The molecular formula is C21H29N3O2. The molecular weight excluding hydrogens is 326 g/mol. The van der Waals surface area contributed by atoms with Gasteiger partial charge >= 0.3 is 0 Å². The van der Waals surface area contributed by atoms with Crippen LogP contribution in [0, 0.1) is 0 Å². The van der Waals surface area contributed by atoms with Crippen molar-refractivity contribution in [2.45, 2.75) is 25.9 Å². The van der Waals surface area contributed by atoms with Crippen molar-refractivity contribution < 1.29 is 9.15 Å². The first-order valence-electron chi connectivity index (χ1n) is 9.81. The largest absolute Gasteiger partial charge is 0.494 e. The zero-order valence-corrected chi connectivity index (χ0v) is 15.6. The van der Waals surface area contributed by atoms with E-state index in [9.17, 15) is 0 Å². The van der Waals surface area contributed by atoms with Gasteiger partial charge < -0.3 is 14.5 Å². The van der Waals surface area contributed by atoms with Crippen LogP contribution in [0.15, 0.2) is 40.8 Å². The third kappa shape index (κ3) is 4.11. The third-order valence-corrected chi connectivity index (χ3v) is 5.45. The maximum atomic E-state index is 6.09. The van der Waals surface area contributed by atoms with Crippen molar-refractivity contribution in [1.82, 2.24) is 15.1 Å². The minimum absolute atomic E-state index is 0.689. The fourth-order valence-electron chi connectivity index (χ4n) is 3.96. The number of hydrogen-bond acceptors (Lipinski definition) is 5. The summed E-state index contributed by atoms with van der Waals surface area (Å²) in [6.45, 7) is 10.5. The first-order chi connectivity index (χ1) is 12.8. The molecule has 5 nitrogen and oxygen atoms in total. The molecule has 0 aliphatic carbocycles. The number of benzene rings is 1. The molecule has 2 aliphatic rings. The van der Waals surface area contributed by atoms with Crippen LogP contribution in [-0.4, -0.2) is 61.7 Å². The van der Waals surface area contributed by atoms with Crippen LogP contribution in [-0.2, 0) is 6.54 Å². The second-order valence-electron chi connectivity index (χ2n) is 7.18. The Morgan fingerprint density at radius 3 is 2.58 bits per heavy atom. The fraction of sp³-hybridized carbons (Fsp3) is 0.524. The summed E-state index contributed by atoms with van der Waals surface area (Å²) in [5, 5.41) is 3.47. The molecule has 1 aromatic carbocycles. The van der Waals surface area contributed by atoms with E-state index in [4.69, 9.17) is 9.15 Å². The number of ether oxygens (including phenoxy) is 1. The topological polar surface area (TPSA) is 40.9 Å². The number of hydrogen-bond donors (Lipinski definition) is 1. The van der Waals surface area contributed by atoms with Crippen LogP contribution in [0.3, 0.4) is 0 Å². The van der Waals surface area contributed by atoms with Gasteiger partial charge in [-0.3, -0.25) is 9.80 Å². The van der Waals surface area contributed by atoms with E-state index in [1.165, 1.54) is 26.1 Å². The van der Waals surface area contributed by atoms with Gasteiger partial charge in [-0.1, -0.05) is 0 Å². The van der Waals surface area contributed by atoms with Crippen molar-refractivity contribution in [2.75, 3.05) is 45.9 Å². The minimum atomic E-state index is 0.689. The molecule has 1 N–H and O–H groups in total. The van der Waals surface area contributed by atoms with Crippen molar-refractivity contribution in [3.8, 4) is 17.1 Å². The van der Waals surface area contributed by atoms with Crippen LogP contribution in [0.5, 0.6) is 5.75 Å². The summed E-state index contributed by atoms with van der Waals surface area (Å²) in [4.78, 5) is 5.14. The Kier molecular flexibility index (Phi) is 5.58. The van der Waals surface area contributed by atoms with E-state index in [0.717, 1.165) is 55.1 Å². The van der Waals surface area contributed by atoms with E-state index in [0.29, 0.717) is 6.61 Å². The first kappa shape index (κ1) is 17.6. The third-order valence-electron chi connectivity index (χ3n) is 5.45. The van der Waals surface area contributed by atoms with Gasteiger partial charge in [-0.25, -0.2) is 0 Å². The van der Waals surface area contributed by atoms with Gasteiger partial charge in [0.2, 0.25) is 0 Å². The maximum absolute atomic E-state index is 6.09. The second-order valence-corrected chi connectivity index (χ2v) is 7.18. The molecule has 1 atom stereocenters. The zero-order chi connectivity index (χ0) is 17.8. The summed E-state index contributed by atoms with van der Waals surface area (Å²) in [7, 11) is 0. The lowest BCUT2D eigenvalue weighted by Crippen LogP contribution is -2.50. The lowest BCUT2D eigenvalue weighted by Gasteiger charge is -2.37. The van der Waals surface area contributed by atoms with Crippen molar-refractivity contribution in [1.29, 1.82) is 0 Å². The molecule has 0 radical (unpaired) electrons. The Morgan fingerprint density at radius 2 is 1.88 bits per heavy atom. The lowest BCUT2D eigenvalue weighted by atomic mass is 10.2. The van der Waals surface area contributed by atoms with Crippen molar-refractivity contribution >= 4 is 0 Å². The Balaban J connectivity index is 1.31. The molecule has 0 saturated carbocycles. The predicted molar refractivity (Wildman–Crippen MR) is 103 cm³/mol. The summed E-state index contributed by atoms with van der Waals surface area (Å²) >= 11 is 0. The highest BCUT2D eigenvalue weighted by atomic mass is 16.5. The summed E-state index contributed by atoms with van der Waals surface area (Å²) in [5.41, 5.74) is 1.10. The highest BCUT2D eigenvalue weighted by Gasteiger charge is 2.26. The van der Waals surface area contributed by atoms with E-state index in [-0.39, 0.29) is 0 Å². The van der Waals surface area contributed by atoms with E-state index < -0.39 is 0 Å². The lowest BCUT2D eigenvalue weighted by molar-refractivity contribution is 0.0938. The molecule has 2 fully saturated rings. The van der Waals surface area contributed by atoms with Gasteiger partial charge in [0.25, 0.3) is 0 Å². The summed E-state index contributed by atoms with van der Waals surface area (Å²) < 4.78 is 11.6. The fourth-order valence-corrected chi connectivity index (χ4v) is 3.96. The normalized spacial score (nSPS) is 22.0. The molecule has 2 saturated heterocycles. The molecule has 0 amide bonds. The number of piperazine rings is 1. The molecule has 140 valence electrons. The van der Waals surface area contributed by atoms with Crippen LogP contribution in [0.1, 0.15) is 19.1 Å². The van der Waals surface area contributed by atoms with Gasteiger partial charge in [0, 0.05) is 44.3 Å². The standard InChI is InChI=1S/C21H29N3O2/c1-2-25-19-5-3-17(4-6-19)21-8-7-20(26-21)16-23-11-13-24(14-12-23)18-9-10-22-15-18/h3-8,18,22H,2,9-16H2,1H3. The molecule has 2 aromatic rings. The van der Waals surface area contributed by atoms with E-state index in [1.54, 1.807) is 0 Å². The molecule has 4 rings (SSSR count). The highest BCUT2D eigenvalue weighted by molar-refractivity contribution is 5.58. The second kappa shape index (κ2) is 8.25. The van der Waals surface area contributed by atoms with Crippen molar-refractivity contribution in [3.05, 3.63) is 42.2 Å². The molecule has 3 heterocycles. The van der Waals surface area contributed by atoms with Crippen LogP contribution in [0.4, 0.5) is 0 Å². The molecule has 0 bridgehead atoms. The molecule has 26 heavy (non-hydrogen) atoms. The minimum Gasteiger partial charge on any atom is -0.494 e. The number of furan rings is 1. The summed E-state index contributed by atoms with van der Waals surface area (Å²) in [6.07, 6.45) is 1.30. The predicted octanol–water partition coefficient (Wildman–Crippen LogP) is 2.82. The number of nitrogens with zero attached hydrogens (tertiary/aromatic N) is 2. The van der Waals surface area contributed by atoms with Gasteiger partial charge in [-0.2, -0.15) is 0 Å². The van der Waals surface area contributed by atoms with Gasteiger partial charge in [-0.15, -0.1) is 0 Å². The molecule has 5 heteroatoms. The van der Waals surface area contributed by atoms with E-state index >= 15 is 0 Å². The smallest absolute Gasteiger partial charge is 0.134 e. The van der Waals surface area contributed by atoms with Gasteiger partial charge in [0.15, 0.2) is 0 Å². The maximum Gasteiger partial charge on any atom is 0.134 e. The monoisotopic (exact) mass is 355 g/mol. The van der Waals surface area contributed by atoms with Crippen LogP contribution in [0.2, 0.25) is 0 Å². The number of rotatable bonds is 6.